The van der Waals surface area contributed by atoms with Crippen molar-refractivity contribution in [3.8, 4) is 0 Å². The van der Waals surface area contributed by atoms with Crippen LogP contribution < -0.4 is 0 Å². The van der Waals surface area contributed by atoms with Crippen LogP contribution in [-0.2, 0) is 12.0 Å². The number of nitrogens with zero attached hydrogens (tertiary/aromatic N) is 3. The second-order valence-electron chi connectivity index (χ2n) is 5.45. The predicted molar refractivity (Wildman–Crippen MR) is 63.1 cm³/mol. The molecule has 3 nitrogen and oxygen atoms in total. The minimum Gasteiger partial charge on any atom is -0.249 e. The lowest BCUT2D eigenvalue weighted by Gasteiger charge is -2.22. The Kier molecular flexibility index (Phi) is 3.53. The van der Waals surface area contributed by atoms with Crippen molar-refractivity contribution in [2.45, 2.75) is 65.8 Å². The highest BCUT2D eigenvalue weighted by atomic mass is 15.4. The van der Waals surface area contributed by atoms with Gasteiger partial charge in [-0.1, -0.05) is 46.8 Å². The fourth-order valence-electron chi connectivity index (χ4n) is 1.86. The molecule has 0 atom stereocenters. The molecule has 1 heterocycles. The van der Waals surface area contributed by atoms with Gasteiger partial charge in [0.1, 0.15) is 0 Å². The van der Waals surface area contributed by atoms with Crippen LogP contribution in [0.1, 0.15) is 65.3 Å². The summed E-state index contributed by atoms with van der Waals surface area (Å²) in [4.78, 5) is 0. The first kappa shape index (κ1) is 12.2. The zero-order valence-electron chi connectivity index (χ0n) is 10.8. The van der Waals surface area contributed by atoms with E-state index in [9.17, 15) is 0 Å². The van der Waals surface area contributed by atoms with Crippen LogP contribution in [0, 0.1) is 0 Å². The van der Waals surface area contributed by atoms with Gasteiger partial charge >= 0.3 is 0 Å². The summed E-state index contributed by atoms with van der Waals surface area (Å²) in [5, 5.41) is 8.57. The molecular formula is C12H23N3. The van der Waals surface area contributed by atoms with E-state index in [0.717, 1.165) is 18.7 Å². The fraction of sp³-hybridized carbons (Fsp3) is 0.833. The molecule has 1 aromatic rings. The van der Waals surface area contributed by atoms with Crippen molar-refractivity contribution in [3.05, 3.63) is 11.4 Å². The summed E-state index contributed by atoms with van der Waals surface area (Å²) in [6.45, 7) is 14.2. The molecule has 0 fully saturated rings. The number of aromatic nitrogens is 3. The summed E-state index contributed by atoms with van der Waals surface area (Å²) >= 11 is 0. The second kappa shape index (κ2) is 4.33. The standard InChI is InChI=1S/C12H23N3/c1-7-8-15-11(12(4,5)6)10(9(2)3)13-14-15/h9H,7-8H2,1-6H3. The van der Waals surface area contributed by atoms with Crippen LogP contribution in [0.15, 0.2) is 0 Å². The average molecular weight is 209 g/mol. The number of hydrogen-bond acceptors (Lipinski definition) is 2. The van der Waals surface area contributed by atoms with E-state index >= 15 is 0 Å². The van der Waals surface area contributed by atoms with Crippen LogP contribution in [0.5, 0.6) is 0 Å². The first-order chi connectivity index (χ1) is 6.88. The largest absolute Gasteiger partial charge is 0.249 e. The molecule has 1 rings (SSSR count). The molecule has 15 heavy (non-hydrogen) atoms. The molecule has 1 aromatic heterocycles. The molecular weight excluding hydrogens is 186 g/mol. The number of aryl methyl sites for hydroxylation is 1. The second-order valence-corrected chi connectivity index (χ2v) is 5.45. The number of hydrogen-bond donors (Lipinski definition) is 0. The van der Waals surface area contributed by atoms with E-state index in [0.29, 0.717) is 5.92 Å². The van der Waals surface area contributed by atoms with Gasteiger partial charge in [0.15, 0.2) is 0 Å². The maximum Gasteiger partial charge on any atom is 0.0889 e. The zero-order chi connectivity index (χ0) is 11.6. The van der Waals surface area contributed by atoms with Crippen molar-refractivity contribution in [2.24, 2.45) is 0 Å². The molecule has 0 spiro atoms. The third kappa shape index (κ3) is 2.58. The van der Waals surface area contributed by atoms with E-state index in [1.165, 1.54) is 5.69 Å². The highest BCUT2D eigenvalue weighted by molar-refractivity contribution is 5.21. The van der Waals surface area contributed by atoms with Crippen molar-refractivity contribution in [3.63, 3.8) is 0 Å². The van der Waals surface area contributed by atoms with Gasteiger partial charge in [-0.25, -0.2) is 4.68 Å². The Balaban J connectivity index is 3.21. The van der Waals surface area contributed by atoms with Gasteiger partial charge < -0.3 is 0 Å². The van der Waals surface area contributed by atoms with Crippen molar-refractivity contribution in [1.82, 2.24) is 15.0 Å². The molecule has 86 valence electrons. The highest BCUT2D eigenvalue weighted by Gasteiger charge is 2.26. The van der Waals surface area contributed by atoms with Crippen molar-refractivity contribution < 1.29 is 0 Å². The van der Waals surface area contributed by atoms with Gasteiger partial charge in [-0.3, -0.25) is 0 Å². The van der Waals surface area contributed by atoms with Gasteiger partial charge in [0.25, 0.3) is 0 Å². The minimum atomic E-state index is 0.123. The maximum atomic E-state index is 4.31. The van der Waals surface area contributed by atoms with Crippen LogP contribution in [0.25, 0.3) is 0 Å². The van der Waals surface area contributed by atoms with E-state index in [2.05, 4.69) is 56.5 Å². The quantitative estimate of drug-likeness (QED) is 0.765. The molecule has 0 bridgehead atoms. The smallest absolute Gasteiger partial charge is 0.0889 e. The Morgan fingerprint density at radius 1 is 1.27 bits per heavy atom. The first-order valence-corrected chi connectivity index (χ1v) is 5.81. The third-order valence-electron chi connectivity index (χ3n) is 2.45. The van der Waals surface area contributed by atoms with Crippen molar-refractivity contribution in [2.75, 3.05) is 0 Å². The first-order valence-electron chi connectivity index (χ1n) is 5.81. The molecule has 0 amide bonds. The molecule has 0 saturated carbocycles. The maximum absolute atomic E-state index is 4.31. The van der Waals surface area contributed by atoms with Crippen LogP contribution in [0.4, 0.5) is 0 Å². The molecule has 0 aromatic carbocycles. The lowest BCUT2D eigenvalue weighted by molar-refractivity contribution is 0.472. The average Bonchev–Trinajstić information content (AvgIpc) is 2.47. The van der Waals surface area contributed by atoms with Gasteiger partial charge in [0.05, 0.1) is 11.4 Å². The van der Waals surface area contributed by atoms with Gasteiger partial charge in [0.2, 0.25) is 0 Å². The number of rotatable bonds is 3. The third-order valence-corrected chi connectivity index (χ3v) is 2.45. The van der Waals surface area contributed by atoms with Gasteiger partial charge in [-0.2, -0.15) is 0 Å². The zero-order valence-corrected chi connectivity index (χ0v) is 10.8. The summed E-state index contributed by atoms with van der Waals surface area (Å²) in [5.74, 6) is 0.449. The Hall–Kier alpha value is -0.860. The molecule has 0 radical (unpaired) electrons. The van der Waals surface area contributed by atoms with Crippen molar-refractivity contribution >= 4 is 0 Å². The lowest BCUT2D eigenvalue weighted by atomic mass is 9.87. The molecule has 0 N–H and O–H groups in total. The minimum absolute atomic E-state index is 0.123. The van der Waals surface area contributed by atoms with Crippen LogP contribution >= 0.6 is 0 Å². The lowest BCUT2D eigenvalue weighted by Crippen LogP contribution is -2.20. The van der Waals surface area contributed by atoms with Gasteiger partial charge in [-0.05, 0) is 12.3 Å². The fourth-order valence-corrected chi connectivity index (χ4v) is 1.86. The van der Waals surface area contributed by atoms with Crippen LogP contribution in [0.2, 0.25) is 0 Å². The highest BCUT2D eigenvalue weighted by Crippen LogP contribution is 2.28. The van der Waals surface area contributed by atoms with E-state index in [-0.39, 0.29) is 5.41 Å². The summed E-state index contributed by atoms with van der Waals surface area (Å²) in [5.41, 5.74) is 2.56. The van der Waals surface area contributed by atoms with Crippen molar-refractivity contribution in [1.29, 1.82) is 0 Å². The molecule has 0 saturated heterocycles. The van der Waals surface area contributed by atoms with E-state index in [4.69, 9.17) is 0 Å². The van der Waals surface area contributed by atoms with Gasteiger partial charge in [0, 0.05) is 12.0 Å². The van der Waals surface area contributed by atoms with E-state index in [1.54, 1.807) is 0 Å². The molecule has 0 unspecified atom stereocenters. The summed E-state index contributed by atoms with van der Waals surface area (Å²) < 4.78 is 2.06. The van der Waals surface area contributed by atoms with E-state index in [1.807, 2.05) is 0 Å². The topological polar surface area (TPSA) is 30.7 Å². The Bertz CT molecular complexity index is 318. The monoisotopic (exact) mass is 209 g/mol. The molecule has 0 aliphatic rings. The Labute approximate surface area is 92.9 Å². The summed E-state index contributed by atoms with van der Waals surface area (Å²) in [6, 6.07) is 0. The Morgan fingerprint density at radius 3 is 2.27 bits per heavy atom. The SMILES string of the molecule is CCCn1nnc(C(C)C)c1C(C)(C)C. The predicted octanol–water partition coefficient (Wildman–Crippen LogP) is 3.11. The Morgan fingerprint density at radius 2 is 1.87 bits per heavy atom. The summed E-state index contributed by atoms with van der Waals surface area (Å²) in [7, 11) is 0. The molecule has 3 heteroatoms. The molecule has 0 aliphatic heterocycles. The van der Waals surface area contributed by atoms with E-state index < -0.39 is 0 Å². The normalized spacial score (nSPS) is 12.5. The van der Waals surface area contributed by atoms with Crippen LogP contribution in [0.3, 0.4) is 0 Å². The van der Waals surface area contributed by atoms with Crippen LogP contribution in [-0.4, -0.2) is 15.0 Å². The molecule has 0 aliphatic carbocycles. The van der Waals surface area contributed by atoms with Gasteiger partial charge in [-0.15, -0.1) is 5.10 Å². The summed E-state index contributed by atoms with van der Waals surface area (Å²) in [6.07, 6.45) is 1.10.